The second kappa shape index (κ2) is 7.25. The molecule has 1 aliphatic heterocycles. The highest BCUT2D eigenvalue weighted by molar-refractivity contribution is 5.87. The minimum atomic E-state index is -1.33. The molecular formula is C17H19FN8O2. The third-order valence-corrected chi connectivity index (χ3v) is 4.44. The Morgan fingerprint density at radius 1 is 1.46 bits per heavy atom. The summed E-state index contributed by atoms with van der Waals surface area (Å²) in [6.45, 7) is 6.21. The molecule has 1 fully saturated rings. The van der Waals surface area contributed by atoms with Gasteiger partial charge in [-0.15, -0.1) is 0 Å². The summed E-state index contributed by atoms with van der Waals surface area (Å²) in [6, 6.07) is 0. The molecule has 0 spiro atoms. The Kier molecular flexibility index (Phi) is 4.63. The van der Waals surface area contributed by atoms with Gasteiger partial charge in [-0.25, -0.2) is 4.39 Å². The van der Waals surface area contributed by atoms with Gasteiger partial charge in [0.2, 0.25) is 17.7 Å². The average Bonchev–Trinajstić information content (AvgIpc) is 3.42. The van der Waals surface area contributed by atoms with Gasteiger partial charge in [0.15, 0.2) is 17.9 Å². The maximum atomic E-state index is 14.4. The van der Waals surface area contributed by atoms with Crippen molar-refractivity contribution in [2.45, 2.75) is 25.7 Å². The molecule has 0 aliphatic carbocycles. The Morgan fingerprint density at radius 3 is 3.07 bits per heavy atom. The fraction of sp³-hybridized carbons (Fsp3) is 0.353. The molecule has 1 amide bonds. The quantitative estimate of drug-likeness (QED) is 0.616. The highest BCUT2D eigenvalue weighted by Gasteiger charge is 2.37. The number of ether oxygens (including phenoxy) is 1. The number of alkyl halides is 1. The lowest BCUT2D eigenvalue weighted by atomic mass is 10.3. The largest absolute Gasteiger partial charge is 0.469 e. The number of hydrogen-bond acceptors (Lipinski definition) is 7. The number of rotatable bonds is 6. The Labute approximate surface area is 159 Å². The van der Waals surface area contributed by atoms with Crippen LogP contribution in [-0.2, 0) is 11.3 Å². The van der Waals surface area contributed by atoms with Crippen molar-refractivity contribution in [3.63, 3.8) is 0 Å². The molecule has 3 aromatic heterocycles. The number of amides is 1. The highest BCUT2D eigenvalue weighted by Crippen LogP contribution is 2.27. The number of nitrogens with zero attached hydrogens (tertiary/aromatic N) is 6. The number of halogens is 1. The molecule has 1 saturated heterocycles. The lowest BCUT2D eigenvalue weighted by molar-refractivity contribution is -0.125. The number of aromatic amines is 1. The van der Waals surface area contributed by atoms with Gasteiger partial charge in [-0.3, -0.25) is 14.6 Å². The van der Waals surface area contributed by atoms with Crippen LogP contribution in [0.2, 0.25) is 0 Å². The number of likely N-dealkylation sites (tertiary alicyclic amines) is 1. The molecule has 0 saturated carbocycles. The van der Waals surface area contributed by atoms with E-state index in [2.05, 4.69) is 37.2 Å². The lowest BCUT2D eigenvalue weighted by Gasteiger charge is -2.16. The average molecular weight is 386 g/mol. The SMILES string of the molecule is C=CC(=O)N1CC(F)C(Oc2nc(Nc3cnn(CC)c3)nc3[nH]ncc23)C1. The van der Waals surface area contributed by atoms with Crippen LogP contribution >= 0.6 is 0 Å². The fourth-order valence-corrected chi connectivity index (χ4v) is 2.98. The van der Waals surface area contributed by atoms with E-state index in [0.717, 1.165) is 12.6 Å². The first-order valence-corrected chi connectivity index (χ1v) is 8.80. The molecule has 10 nitrogen and oxygen atoms in total. The zero-order chi connectivity index (χ0) is 19.7. The van der Waals surface area contributed by atoms with Gasteiger partial charge in [-0.1, -0.05) is 6.58 Å². The molecule has 11 heteroatoms. The highest BCUT2D eigenvalue weighted by atomic mass is 19.1. The van der Waals surface area contributed by atoms with E-state index in [4.69, 9.17) is 4.74 Å². The molecule has 2 N–H and O–H groups in total. The molecule has 1 aliphatic rings. The van der Waals surface area contributed by atoms with Crippen LogP contribution in [0.1, 0.15) is 6.92 Å². The molecule has 3 aromatic rings. The third kappa shape index (κ3) is 3.38. The number of hydrogen-bond donors (Lipinski definition) is 2. The number of H-pyrrole nitrogens is 1. The van der Waals surface area contributed by atoms with E-state index < -0.39 is 12.3 Å². The molecule has 0 bridgehead atoms. The smallest absolute Gasteiger partial charge is 0.246 e. The van der Waals surface area contributed by atoms with Gasteiger partial charge in [-0.05, 0) is 13.0 Å². The number of fused-ring (bicyclic) bond motifs is 1. The summed E-state index contributed by atoms with van der Waals surface area (Å²) < 4.78 is 22.0. The van der Waals surface area contributed by atoms with E-state index in [1.165, 1.54) is 11.1 Å². The van der Waals surface area contributed by atoms with Gasteiger partial charge in [-0.2, -0.15) is 20.2 Å². The van der Waals surface area contributed by atoms with Crippen molar-refractivity contribution in [1.29, 1.82) is 0 Å². The van der Waals surface area contributed by atoms with Gasteiger partial charge >= 0.3 is 0 Å². The van der Waals surface area contributed by atoms with E-state index in [1.54, 1.807) is 10.9 Å². The van der Waals surface area contributed by atoms with Crippen molar-refractivity contribution in [2.24, 2.45) is 0 Å². The Hall–Kier alpha value is -3.50. The first-order chi connectivity index (χ1) is 13.6. The van der Waals surface area contributed by atoms with E-state index >= 15 is 0 Å². The second-order valence-electron chi connectivity index (χ2n) is 6.31. The lowest BCUT2D eigenvalue weighted by Crippen LogP contribution is -2.30. The fourth-order valence-electron chi connectivity index (χ4n) is 2.98. The molecule has 2 unspecified atom stereocenters. The summed E-state index contributed by atoms with van der Waals surface area (Å²) in [7, 11) is 0. The topological polar surface area (TPSA) is 114 Å². The summed E-state index contributed by atoms with van der Waals surface area (Å²) in [5, 5.41) is 14.5. The van der Waals surface area contributed by atoms with Crippen molar-refractivity contribution in [1.82, 2.24) is 34.8 Å². The minimum Gasteiger partial charge on any atom is -0.469 e. The van der Waals surface area contributed by atoms with Gasteiger partial charge < -0.3 is 15.0 Å². The van der Waals surface area contributed by atoms with E-state index in [-0.39, 0.29) is 30.8 Å². The van der Waals surface area contributed by atoms with Crippen molar-refractivity contribution in [2.75, 3.05) is 18.4 Å². The second-order valence-corrected chi connectivity index (χ2v) is 6.31. The summed E-state index contributed by atoms with van der Waals surface area (Å²) in [5.74, 6) is 0.111. The van der Waals surface area contributed by atoms with Crippen molar-refractivity contribution in [3.05, 3.63) is 31.2 Å². The van der Waals surface area contributed by atoms with Crippen molar-refractivity contribution >= 4 is 28.6 Å². The molecule has 2 atom stereocenters. The van der Waals surface area contributed by atoms with Gasteiger partial charge in [0, 0.05) is 12.7 Å². The number of nitrogens with one attached hydrogen (secondary N) is 2. The van der Waals surface area contributed by atoms with E-state index in [0.29, 0.717) is 16.7 Å². The Bertz CT molecular complexity index is 1020. The number of anilines is 2. The first kappa shape index (κ1) is 17.9. The van der Waals surface area contributed by atoms with Crippen LogP contribution in [-0.4, -0.2) is 66.1 Å². The predicted octanol–water partition coefficient (Wildman–Crippen LogP) is 1.43. The van der Waals surface area contributed by atoms with Crippen LogP contribution in [0.15, 0.2) is 31.2 Å². The maximum Gasteiger partial charge on any atom is 0.246 e. The summed E-state index contributed by atoms with van der Waals surface area (Å²) in [6.07, 6.45) is 3.96. The first-order valence-electron chi connectivity index (χ1n) is 8.80. The van der Waals surface area contributed by atoms with Crippen LogP contribution in [0.3, 0.4) is 0 Å². The number of carbonyl (C=O) groups is 1. The summed E-state index contributed by atoms with van der Waals surface area (Å²) in [5.41, 5.74) is 1.15. The van der Waals surface area contributed by atoms with Crippen molar-refractivity contribution in [3.8, 4) is 5.88 Å². The third-order valence-electron chi connectivity index (χ3n) is 4.44. The summed E-state index contributed by atoms with van der Waals surface area (Å²) in [4.78, 5) is 21.8. The molecule has 4 rings (SSSR count). The molecule has 146 valence electrons. The van der Waals surface area contributed by atoms with Gasteiger partial charge in [0.1, 0.15) is 5.39 Å². The zero-order valence-electron chi connectivity index (χ0n) is 15.2. The van der Waals surface area contributed by atoms with Crippen LogP contribution in [0.5, 0.6) is 5.88 Å². The molecule has 28 heavy (non-hydrogen) atoms. The monoisotopic (exact) mass is 386 g/mol. The minimum absolute atomic E-state index is 0.0452. The van der Waals surface area contributed by atoms with Gasteiger partial charge in [0.05, 0.1) is 31.2 Å². The van der Waals surface area contributed by atoms with Crippen LogP contribution in [0.25, 0.3) is 11.0 Å². The number of carbonyl (C=O) groups excluding carboxylic acids is 1. The molecular weight excluding hydrogens is 367 g/mol. The maximum absolute atomic E-state index is 14.4. The number of aryl methyl sites for hydroxylation is 1. The van der Waals surface area contributed by atoms with Gasteiger partial charge in [0.25, 0.3) is 0 Å². The van der Waals surface area contributed by atoms with E-state index in [1.807, 2.05) is 13.1 Å². The molecule has 0 aromatic carbocycles. The van der Waals surface area contributed by atoms with Crippen LogP contribution in [0.4, 0.5) is 16.0 Å². The zero-order valence-corrected chi connectivity index (χ0v) is 15.2. The number of aromatic nitrogens is 6. The molecule has 0 radical (unpaired) electrons. The standard InChI is InChI=1S/C17H19FN8O2/c1-3-14(27)25-8-12(18)13(9-25)28-16-11-6-19-24-15(11)22-17(23-16)21-10-5-20-26(4-2)7-10/h3,5-7,12-13H,1,4,8-9H2,2H3,(H2,19,21,22,23,24). The predicted molar refractivity (Wildman–Crippen MR) is 99.0 cm³/mol. The van der Waals surface area contributed by atoms with Crippen LogP contribution in [0, 0.1) is 0 Å². The van der Waals surface area contributed by atoms with Crippen molar-refractivity contribution < 1.29 is 13.9 Å². The summed E-state index contributed by atoms with van der Waals surface area (Å²) >= 11 is 0. The normalized spacial score (nSPS) is 19.1. The molecule has 4 heterocycles. The Morgan fingerprint density at radius 2 is 2.32 bits per heavy atom. The van der Waals surface area contributed by atoms with E-state index in [9.17, 15) is 9.18 Å². The Balaban J connectivity index is 1.58. The van der Waals surface area contributed by atoms with Crippen LogP contribution < -0.4 is 10.1 Å².